The topological polar surface area (TPSA) is 57.2 Å². The number of ether oxygens (including phenoxy) is 4. The summed E-state index contributed by atoms with van der Waals surface area (Å²) in [6.07, 6.45) is -0.427. The van der Waals surface area contributed by atoms with Gasteiger partial charge in [0.1, 0.15) is 18.1 Å². The summed E-state index contributed by atoms with van der Waals surface area (Å²) in [6.45, 7) is 0.142. The molecule has 0 atom stereocenters. The van der Waals surface area contributed by atoms with Crippen LogP contribution >= 0.6 is 0 Å². The lowest BCUT2D eigenvalue weighted by molar-refractivity contribution is -0.122. The van der Waals surface area contributed by atoms with Crippen LogP contribution in [-0.4, -0.2) is 39.3 Å². The van der Waals surface area contributed by atoms with Crippen LogP contribution in [0, 0.1) is 0 Å². The number of methoxy groups -OCH3 is 3. The predicted octanol–water partition coefficient (Wildman–Crippen LogP) is 1.19. The minimum atomic E-state index is -0.427. The van der Waals surface area contributed by atoms with E-state index >= 15 is 0 Å². The van der Waals surface area contributed by atoms with Crippen LogP contribution in [0.1, 0.15) is 5.56 Å². The van der Waals surface area contributed by atoms with Gasteiger partial charge in [0.15, 0.2) is 6.29 Å². The summed E-state index contributed by atoms with van der Waals surface area (Å²) >= 11 is 0. The minimum Gasteiger partial charge on any atom is -0.497 e. The molecule has 0 aliphatic rings. The van der Waals surface area contributed by atoms with Crippen molar-refractivity contribution < 1.29 is 24.1 Å². The zero-order chi connectivity index (χ0) is 12.7. The molecule has 5 heteroatoms. The van der Waals surface area contributed by atoms with Gasteiger partial charge < -0.3 is 24.1 Å². The van der Waals surface area contributed by atoms with Gasteiger partial charge in [-0.2, -0.15) is 0 Å². The van der Waals surface area contributed by atoms with Crippen molar-refractivity contribution in [1.29, 1.82) is 0 Å². The first-order valence-corrected chi connectivity index (χ1v) is 5.21. The first kappa shape index (κ1) is 13.8. The van der Waals surface area contributed by atoms with Gasteiger partial charge in [-0.15, -0.1) is 0 Å². The van der Waals surface area contributed by atoms with Gasteiger partial charge in [0.05, 0.1) is 13.7 Å². The van der Waals surface area contributed by atoms with Crippen LogP contribution in [0.15, 0.2) is 18.2 Å². The van der Waals surface area contributed by atoms with Gasteiger partial charge in [-0.25, -0.2) is 0 Å². The molecule has 0 aromatic heterocycles. The summed E-state index contributed by atoms with van der Waals surface area (Å²) in [6, 6.07) is 5.24. The molecule has 5 nitrogen and oxygen atoms in total. The number of aliphatic hydroxyl groups is 1. The molecule has 1 N–H and O–H groups in total. The summed E-state index contributed by atoms with van der Waals surface area (Å²) < 4.78 is 20.6. The van der Waals surface area contributed by atoms with E-state index in [2.05, 4.69) is 0 Å². The number of rotatable bonds is 7. The van der Waals surface area contributed by atoms with Gasteiger partial charge in [-0.1, -0.05) is 0 Å². The number of aliphatic hydroxyl groups excluding tert-OH is 1. The van der Waals surface area contributed by atoms with Gasteiger partial charge in [-0.3, -0.25) is 0 Å². The Balaban J connectivity index is 2.70. The third kappa shape index (κ3) is 3.89. The van der Waals surface area contributed by atoms with Gasteiger partial charge in [-0.05, 0) is 18.2 Å². The Morgan fingerprint density at radius 1 is 1.18 bits per heavy atom. The van der Waals surface area contributed by atoms with Crippen molar-refractivity contribution in [3.63, 3.8) is 0 Å². The molecule has 1 aromatic rings. The molecule has 0 amide bonds. The van der Waals surface area contributed by atoms with E-state index in [9.17, 15) is 5.11 Å². The van der Waals surface area contributed by atoms with Gasteiger partial charge >= 0.3 is 0 Å². The van der Waals surface area contributed by atoms with Crippen molar-refractivity contribution >= 4 is 0 Å². The highest BCUT2D eigenvalue weighted by molar-refractivity contribution is 5.39. The normalized spacial score (nSPS) is 10.6. The molecule has 0 spiro atoms. The zero-order valence-electron chi connectivity index (χ0n) is 10.3. The Kier molecular flexibility index (Phi) is 5.76. The van der Waals surface area contributed by atoms with Crippen LogP contribution < -0.4 is 9.47 Å². The third-order valence-electron chi connectivity index (χ3n) is 2.34. The first-order chi connectivity index (χ1) is 8.24. The van der Waals surface area contributed by atoms with Crippen molar-refractivity contribution in [2.75, 3.05) is 27.9 Å². The van der Waals surface area contributed by atoms with Crippen LogP contribution in [0.5, 0.6) is 11.5 Å². The molecule has 17 heavy (non-hydrogen) atoms. The molecular formula is C12H18O5. The van der Waals surface area contributed by atoms with Crippen molar-refractivity contribution in [2.24, 2.45) is 0 Å². The Morgan fingerprint density at radius 2 is 1.88 bits per heavy atom. The van der Waals surface area contributed by atoms with Crippen LogP contribution in [-0.2, 0) is 16.1 Å². The van der Waals surface area contributed by atoms with Crippen molar-refractivity contribution in [2.45, 2.75) is 12.9 Å². The molecule has 1 rings (SSSR count). The molecular weight excluding hydrogens is 224 g/mol. The standard InChI is InChI=1S/C12H18O5/c1-14-10-4-5-11(9(6-10)7-13)17-8-12(15-2)16-3/h4-6,12-13H,7-8H2,1-3H3. The van der Waals surface area contributed by atoms with Gasteiger partial charge in [0.2, 0.25) is 0 Å². The summed E-state index contributed by atoms with van der Waals surface area (Å²) in [4.78, 5) is 0. The number of benzene rings is 1. The maximum atomic E-state index is 9.22. The molecule has 0 radical (unpaired) electrons. The fraction of sp³-hybridized carbons (Fsp3) is 0.500. The van der Waals surface area contributed by atoms with Crippen LogP contribution in [0.25, 0.3) is 0 Å². The zero-order valence-corrected chi connectivity index (χ0v) is 10.3. The Labute approximate surface area is 101 Å². The number of hydrogen-bond donors (Lipinski definition) is 1. The quantitative estimate of drug-likeness (QED) is 0.728. The summed E-state index contributed by atoms with van der Waals surface area (Å²) in [5, 5.41) is 9.22. The van der Waals surface area contributed by atoms with Crippen molar-refractivity contribution in [3.8, 4) is 11.5 Å². The second-order valence-corrected chi connectivity index (χ2v) is 3.34. The highest BCUT2D eigenvalue weighted by Crippen LogP contribution is 2.24. The molecule has 0 saturated carbocycles. The smallest absolute Gasteiger partial charge is 0.191 e. The fourth-order valence-electron chi connectivity index (χ4n) is 1.34. The lowest BCUT2D eigenvalue weighted by Crippen LogP contribution is -2.22. The molecule has 0 unspecified atom stereocenters. The van der Waals surface area contributed by atoms with E-state index in [1.54, 1.807) is 39.5 Å². The average molecular weight is 242 g/mol. The van der Waals surface area contributed by atoms with Crippen LogP contribution in [0.3, 0.4) is 0 Å². The first-order valence-electron chi connectivity index (χ1n) is 5.21. The second-order valence-electron chi connectivity index (χ2n) is 3.34. The largest absolute Gasteiger partial charge is 0.497 e. The van der Waals surface area contributed by atoms with Gasteiger partial charge in [0, 0.05) is 19.8 Å². The Hall–Kier alpha value is -1.30. The van der Waals surface area contributed by atoms with Crippen LogP contribution in [0.4, 0.5) is 0 Å². The Bertz CT molecular complexity index is 336. The summed E-state index contributed by atoms with van der Waals surface area (Å²) in [5.74, 6) is 1.27. The van der Waals surface area contributed by atoms with E-state index in [0.717, 1.165) is 0 Å². The SMILES string of the molecule is COc1ccc(OCC(OC)OC)c(CO)c1. The van der Waals surface area contributed by atoms with E-state index < -0.39 is 6.29 Å². The molecule has 0 aliphatic heterocycles. The fourth-order valence-corrected chi connectivity index (χ4v) is 1.34. The maximum Gasteiger partial charge on any atom is 0.191 e. The van der Waals surface area contributed by atoms with E-state index in [1.807, 2.05) is 0 Å². The highest BCUT2D eigenvalue weighted by atomic mass is 16.7. The lowest BCUT2D eigenvalue weighted by Gasteiger charge is -2.16. The van der Waals surface area contributed by atoms with E-state index in [-0.39, 0.29) is 13.2 Å². The Morgan fingerprint density at radius 3 is 2.41 bits per heavy atom. The second kappa shape index (κ2) is 7.11. The molecule has 96 valence electrons. The highest BCUT2D eigenvalue weighted by Gasteiger charge is 2.09. The molecule has 0 saturated heterocycles. The van der Waals surface area contributed by atoms with Gasteiger partial charge in [0.25, 0.3) is 0 Å². The van der Waals surface area contributed by atoms with E-state index in [0.29, 0.717) is 17.1 Å². The molecule has 0 aliphatic carbocycles. The maximum absolute atomic E-state index is 9.22. The average Bonchev–Trinajstić information content (AvgIpc) is 2.39. The monoisotopic (exact) mass is 242 g/mol. The van der Waals surface area contributed by atoms with Crippen molar-refractivity contribution in [3.05, 3.63) is 23.8 Å². The summed E-state index contributed by atoms with van der Waals surface area (Å²) in [5.41, 5.74) is 0.662. The number of hydrogen-bond acceptors (Lipinski definition) is 5. The molecule has 0 bridgehead atoms. The van der Waals surface area contributed by atoms with E-state index in [1.165, 1.54) is 0 Å². The van der Waals surface area contributed by atoms with Crippen molar-refractivity contribution in [1.82, 2.24) is 0 Å². The lowest BCUT2D eigenvalue weighted by atomic mass is 10.2. The third-order valence-corrected chi connectivity index (χ3v) is 2.34. The molecule has 0 heterocycles. The molecule has 0 fully saturated rings. The van der Waals surface area contributed by atoms with E-state index in [4.69, 9.17) is 18.9 Å². The minimum absolute atomic E-state index is 0.114. The van der Waals surface area contributed by atoms with Crippen LogP contribution in [0.2, 0.25) is 0 Å². The molecule has 1 aromatic carbocycles. The summed E-state index contributed by atoms with van der Waals surface area (Å²) in [7, 11) is 4.65. The predicted molar refractivity (Wildman–Crippen MR) is 62.2 cm³/mol.